The zero-order valence-electron chi connectivity index (χ0n) is 11.0. The number of amides is 1. The Bertz CT molecular complexity index is 651. The predicted molar refractivity (Wildman–Crippen MR) is 76.1 cm³/mol. The molecule has 0 saturated carbocycles. The fourth-order valence-electron chi connectivity index (χ4n) is 1.81. The van der Waals surface area contributed by atoms with E-state index in [1.165, 1.54) is 16.2 Å². The molecule has 0 aliphatic carbocycles. The minimum atomic E-state index is -1.58. The van der Waals surface area contributed by atoms with Gasteiger partial charge in [0.25, 0.3) is 5.91 Å². The second-order valence-corrected chi connectivity index (χ2v) is 6.08. The van der Waals surface area contributed by atoms with Crippen LogP contribution in [-0.2, 0) is 6.54 Å². The molecule has 1 amide bonds. The second kappa shape index (κ2) is 6.49. The number of carbonyl (C=O) groups is 1. The van der Waals surface area contributed by atoms with Crippen LogP contribution in [0.1, 0.15) is 22.2 Å². The molecule has 0 spiro atoms. The fraction of sp³-hybridized carbons (Fsp3) is 0.214. The van der Waals surface area contributed by atoms with Crippen LogP contribution in [-0.4, -0.2) is 17.4 Å². The molecule has 1 heterocycles. The van der Waals surface area contributed by atoms with Gasteiger partial charge in [-0.25, -0.2) is 13.2 Å². The first-order valence-electron chi connectivity index (χ1n) is 6.10. The van der Waals surface area contributed by atoms with Crippen LogP contribution in [0.4, 0.5) is 13.2 Å². The zero-order valence-corrected chi connectivity index (χ0v) is 12.6. The normalized spacial score (nSPS) is 10.7. The largest absolute Gasteiger partial charge is 0.334 e. The van der Waals surface area contributed by atoms with Gasteiger partial charge >= 0.3 is 0 Å². The minimum absolute atomic E-state index is 0.226. The van der Waals surface area contributed by atoms with Crippen LogP contribution in [0.2, 0.25) is 4.34 Å². The number of hydrogen-bond acceptors (Lipinski definition) is 2. The molecule has 2 rings (SSSR count). The summed E-state index contributed by atoms with van der Waals surface area (Å²) in [5, 5.41) is 0. The Labute approximate surface area is 128 Å². The maximum atomic E-state index is 13.2. The van der Waals surface area contributed by atoms with Crippen molar-refractivity contribution in [3.63, 3.8) is 0 Å². The number of carbonyl (C=O) groups excluding carboxylic acids is 1. The summed E-state index contributed by atoms with van der Waals surface area (Å²) >= 11 is 7.13. The van der Waals surface area contributed by atoms with Crippen molar-refractivity contribution in [3.8, 4) is 0 Å². The highest BCUT2D eigenvalue weighted by Crippen LogP contribution is 2.23. The van der Waals surface area contributed by atoms with Crippen LogP contribution in [0.3, 0.4) is 0 Å². The molecule has 1 aromatic heterocycles. The Balaban J connectivity index is 2.24. The first-order valence-corrected chi connectivity index (χ1v) is 7.29. The molecule has 0 N–H and O–H groups in total. The van der Waals surface area contributed by atoms with E-state index >= 15 is 0 Å². The molecule has 0 fully saturated rings. The molecule has 0 unspecified atom stereocenters. The molecule has 0 atom stereocenters. The van der Waals surface area contributed by atoms with E-state index < -0.39 is 23.4 Å². The van der Waals surface area contributed by atoms with E-state index in [1.54, 1.807) is 19.1 Å². The van der Waals surface area contributed by atoms with E-state index in [0.29, 0.717) is 23.0 Å². The van der Waals surface area contributed by atoms with Crippen molar-refractivity contribution >= 4 is 28.8 Å². The van der Waals surface area contributed by atoms with Gasteiger partial charge in [-0.15, -0.1) is 11.3 Å². The van der Waals surface area contributed by atoms with Gasteiger partial charge < -0.3 is 4.90 Å². The third-order valence-corrected chi connectivity index (χ3v) is 4.09. The molecule has 21 heavy (non-hydrogen) atoms. The number of thiophene rings is 1. The third kappa shape index (κ3) is 3.57. The number of nitrogens with zero attached hydrogens (tertiary/aromatic N) is 1. The van der Waals surface area contributed by atoms with E-state index in [9.17, 15) is 18.0 Å². The van der Waals surface area contributed by atoms with Crippen LogP contribution in [0.25, 0.3) is 0 Å². The Hall–Kier alpha value is -1.53. The van der Waals surface area contributed by atoms with E-state index in [4.69, 9.17) is 11.6 Å². The van der Waals surface area contributed by atoms with Gasteiger partial charge in [0.15, 0.2) is 17.5 Å². The lowest BCUT2D eigenvalue weighted by atomic mass is 10.1. The van der Waals surface area contributed by atoms with Gasteiger partial charge in [-0.1, -0.05) is 11.6 Å². The molecule has 0 bridgehead atoms. The van der Waals surface area contributed by atoms with E-state index in [0.717, 1.165) is 4.88 Å². The van der Waals surface area contributed by atoms with Crippen LogP contribution in [0.5, 0.6) is 0 Å². The second-order valence-electron chi connectivity index (χ2n) is 4.28. The van der Waals surface area contributed by atoms with Crippen molar-refractivity contribution in [1.29, 1.82) is 0 Å². The first-order chi connectivity index (χ1) is 9.92. The lowest BCUT2D eigenvalue weighted by molar-refractivity contribution is 0.0753. The third-order valence-electron chi connectivity index (χ3n) is 2.88. The van der Waals surface area contributed by atoms with E-state index in [2.05, 4.69) is 0 Å². The van der Waals surface area contributed by atoms with Crippen molar-refractivity contribution < 1.29 is 18.0 Å². The van der Waals surface area contributed by atoms with Gasteiger partial charge in [-0.3, -0.25) is 4.79 Å². The molecular weight excluding hydrogens is 323 g/mol. The standard InChI is InChI=1S/C14H11ClF3NOS/c1-2-19(7-9-3-4-12(15)21-9)14(20)8-5-10(16)13(18)11(17)6-8/h3-6H,2,7H2,1H3. The maximum absolute atomic E-state index is 13.2. The van der Waals surface area contributed by atoms with Gasteiger partial charge in [-0.2, -0.15) is 0 Å². The van der Waals surface area contributed by atoms with E-state index in [-0.39, 0.29) is 12.1 Å². The molecule has 0 aliphatic heterocycles. The molecule has 1 aromatic carbocycles. The average Bonchev–Trinajstić information content (AvgIpc) is 2.86. The fourth-order valence-corrected chi connectivity index (χ4v) is 2.92. The highest BCUT2D eigenvalue weighted by molar-refractivity contribution is 7.16. The summed E-state index contributed by atoms with van der Waals surface area (Å²) in [6.45, 7) is 2.35. The van der Waals surface area contributed by atoms with Crippen LogP contribution >= 0.6 is 22.9 Å². The summed E-state index contributed by atoms with van der Waals surface area (Å²) in [6, 6.07) is 4.88. The molecule has 2 nitrogen and oxygen atoms in total. The van der Waals surface area contributed by atoms with E-state index in [1.807, 2.05) is 0 Å². The van der Waals surface area contributed by atoms with Gasteiger partial charge in [0.1, 0.15) is 0 Å². The van der Waals surface area contributed by atoms with Crippen molar-refractivity contribution in [3.05, 3.63) is 56.5 Å². The van der Waals surface area contributed by atoms with Gasteiger partial charge in [0.2, 0.25) is 0 Å². The highest BCUT2D eigenvalue weighted by Gasteiger charge is 2.19. The Kier molecular flexibility index (Phi) is 4.90. The topological polar surface area (TPSA) is 20.3 Å². The Morgan fingerprint density at radius 2 is 1.86 bits per heavy atom. The quantitative estimate of drug-likeness (QED) is 0.755. The summed E-state index contributed by atoms with van der Waals surface area (Å²) in [5.74, 6) is -4.92. The van der Waals surface area contributed by atoms with Crippen LogP contribution in [0.15, 0.2) is 24.3 Å². The molecule has 0 saturated heterocycles. The summed E-state index contributed by atoms with van der Waals surface area (Å²) in [6.07, 6.45) is 0. The predicted octanol–water partition coefficient (Wildman–Crippen LogP) is 4.48. The monoisotopic (exact) mass is 333 g/mol. The minimum Gasteiger partial charge on any atom is -0.334 e. The molecular formula is C14H11ClF3NOS. The molecule has 112 valence electrons. The molecule has 0 radical (unpaired) electrons. The number of benzene rings is 1. The number of halogens is 4. The lowest BCUT2D eigenvalue weighted by Gasteiger charge is -2.20. The molecule has 0 aliphatic rings. The average molecular weight is 334 g/mol. The van der Waals surface area contributed by atoms with Crippen LogP contribution in [0, 0.1) is 17.5 Å². The van der Waals surface area contributed by atoms with Gasteiger partial charge in [0, 0.05) is 17.0 Å². The Morgan fingerprint density at radius 3 is 2.33 bits per heavy atom. The highest BCUT2D eigenvalue weighted by atomic mass is 35.5. The van der Waals surface area contributed by atoms with Crippen molar-refractivity contribution in [2.45, 2.75) is 13.5 Å². The summed E-state index contributed by atoms with van der Waals surface area (Å²) < 4.78 is 39.9. The van der Waals surface area contributed by atoms with Crippen molar-refractivity contribution in [1.82, 2.24) is 4.90 Å². The lowest BCUT2D eigenvalue weighted by Crippen LogP contribution is -2.30. The van der Waals surface area contributed by atoms with Crippen molar-refractivity contribution in [2.75, 3.05) is 6.54 Å². The summed E-state index contributed by atoms with van der Waals surface area (Å²) in [5.41, 5.74) is -0.226. The Morgan fingerprint density at radius 1 is 1.24 bits per heavy atom. The number of hydrogen-bond donors (Lipinski definition) is 0. The van der Waals surface area contributed by atoms with Crippen molar-refractivity contribution in [2.24, 2.45) is 0 Å². The summed E-state index contributed by atoms with van der Waals surface area (Å²) in [7, 11) is 0. The zero-order chi connectivity index (χ0) is 15.6. The smallest absolute Gasteiger partial charge is 0.254 e. The number of rotatable bonds is 4. The van der Waals surface area contributed by atoms with Crippen LogP contribution < -0.4 is 0 Å². The first kappa shape index (κ1) is 15.9. The van der Waals surface area contributed by atoms with Gasteiger partial charge in [0.05, 0.1) is 10.9 Å². The molecule has 7 heteroatoms. The van der Waals surface area contributed by atoms with Gasteiger partial charge in [-0.05, 0) is 31.2 Å². The maximum Gasteiger partial charge on any atom is 0.254 e. The SMILES string of the molecule is CCN(Cc1ccc(Cl)s1)C(=O)c1cc(F)c(F)c(F)c1. The molecule has 2 aromatic rings. The summed E-state index contributed by atoms with van der Waals surface area (Å²) in [4.78, 5) is 14.5.